The smallest absolute Gasteiger partial charge is 0.262 e. The van der Waals surface area contributed by atoms with Crippen molar-refractivity contribution in [2.75, 3.05) is 10.6 Å². The fourth-order valence-electron chi connectivity index (χ4n) is 2.56. The lowest BCUT2D eigenvalue weighted by Gasteiger charge is -2.23. The Morgan fingerprint density at radius 3 is 2.64 bits per heavy atom. The molecule has 0 saturated carbocycles. The van der Waals surface area contributed by atoms with E-state index < -0.39 is 0 Å². The molecule has 0 atom stereocenters. The molecule has 3 aromatic heterocycles. The number of anilines is 3. The van der Waals surface area contributed by atoms with E-state index in [1.54, 1.807) is 29.4 Å². The van der Waals surface area contributed by atoms with Crippen LogP contribution >= 0.6 is 0 Å². The number of fused-ring (bicyclic) bond motifs is 1. The Morgan fingerprint density at radius 1 is 1.20 bits per heavy atom. The van der Waals surface area contributed by atoms with Gasteiger partial charge in [0.1, 0.15) is 17.5 Å². The van der Waals surface area contributed by atoms with Gasteiger partial charge in [0.15, 0.2) is 0 Å². The van der Waals surface area contributed by atoms with Crippen molar-refractivity contribution in [3.8, 4) is 0 Å². The van der Waals surface area contributed by atoms with E-state index >= 15 is 0 Å². The molecular formula is C18H22N6O. The highest BCUT2D eigenvalue weighted by molar-refractivity contribution is 5.93. The minimum Gasteiger partial charge on any atom is -0.365 e. The van der Waals surface area contributed by atoms with Gasteiger partial charge in [-0.15, -0.1) is 0 Å². The van der Waals surface area contributed by atoms with Gasteiger partial charge in [-0.05, 0) is 45.2 Å². The molecule has 2 N–H and O–H groups in total. The van der Waals surface area contributed by atoms with Crippen molar-refractivity contribution in [2.24, 2.45) is 0 Å². The van der Waals surface area contributed by atoms with Gasteiger partial charge >= 0.3 is 0 Å². The van der Waals surface area contributed by atoms with Gasteiger partial charge < -0.3 is 15.2 Å². The second-order valence-corrected chi connectivity index (χ2v) is 6.82. The summed E-state index contributed by atoms with van der Waals surface area (Å²) in [5, 5.41) is 7.89. The summed E-state index contributed by atoms with van der Waals surface area (Å²) in [7, 11) is 0. The predicted molar refractivity (Wildman–Crippen MR) is 100 cm³/mol. The molecule has 3 rings (SSSR count). The Balaban J connectivity index is 2.16. The van der Waals surface area contributed by atoms with Crippen molar-refractivity contribution in [1.29, 1.82) is 0 Å². The van der Waals surface area contributed by atoms with Gasteiger partial charge in [-0.1, -0.05) is 0 Å². The molecule has 0 aromatic carbocycles. The Labute approximate surface area is 146 Å². The van der Waals surface area contributed by atoms with Gasteiger partial charge in [0.05, 0.1) is 11.6 Å². The highest BCUT2D eigenvalue weighted by Crippen LogP contribution is 2.25. The fraction of sp³-hybridized carbons (Fsp3) is 0.333. The second-order valence-electron chi connectivity index (χ2n) is 6.82. The van der Waals surface area contributed by atoms with Gasteiger partial charge in [0, 0.05) is 30.7 Å². The van der Waals surface area contributed by atoms with Crippen molar-refractivity contribution >= 4 is 28.2 Å². The summed E-state index contributed by atoms with van der Waals surface area (Å²) in [6.07, 6.45) is 6.64. The molecule has 7 heteroatoms. The highest BCUT2D eigenvalue weighted by Gasteiger charge is 2.17. The summed E-state index contributed by atoms with van der Waals surface area (Å²) in [6.45, 7) is 8.66. The molecule has 0 amide bonds. The van der Waals surface area contributed by atoms with Crippen LogP contribution < -0.4 is 16.2 Å². The highest BCUT2D eigenvalue weighted by atomic mass is 16.1. The Bertz CT molecular complexity index is 943. The zero-order valence-electron chi connectivity index (χ0n) is 14.9. The summed E-state index contributed by atoms with van der Waals surface area (Å²) in [6, 6.07) is 3.77. The van der Waals surface area contributed by atoms with Crippen LogP contribution in [0.1, 0.15) is 27.7 Å². The lowest BCUT2D eigenvalue weighted by atomic mass is 10.1. The minimum atomic E-state index is -0.232. The van der Waals surface area contributed by atoms with Crippen LogP contribution in [0.25, 0.3) is 10.8 Å². The first-order valence-electron chi connectivity index (χ1n) is 8.23. The van der Waals surface area contributed by atoms with Gasteiger partial charge in [0.25, 0.3) is 5.56 Å². The maximum Gasteiger partial charge on any atom is 0.262 e. The molecule has 0 aliphatic rings. The topological polar surface area (TPSA) is 84.7 Å². The lowest BCUT2D eigenvalue weighted by molar-refractivity contribution is 0.631. The number of rotatable bonds is 4. The van der Waals surface area contributed by atoms with Crippen LogP contribution in [0.3, 0.4) is 0 Å². The molecule has 3 heterocycles. The van der Waals surface area contributed by atoms with Crippen molar-refractivity contribution in [3.63, 3.8) is 0 Å². The summed E-state index contributed by atoms with van der Waals surface area (Å²) in [5.74, 6) is 1.76. The van der Waals surface area contributed by atoms with Crippen LogP contribution in [0.15, 0.2) is 41.7 Å². The Kier molecular flexibility index (Phi) is 4.39. The first-order valence-corrected chi connectivity index (χ1v) is 8.23. The molecule has 0 unspecified atom stereocenters. The molecular weight excluding hydrogens is 316 g/mol. The monoisotopic (exact) mass is 338 g/mol. The SMILES string of the molecule is CCn1ccc2cc(Nc3cnccn3)nc(NC(C)(C)C)c2c1=O. The predicted octanol–water partition coefficient (Wildman–Crippen LogP) is 3.16. The average Bonchev–Trinajstić information content (AvgIpc) is 2.54. The first-order chi connectivity index (χ1) is 11.9. The zero-order chi connectivity index (χ0) is 18.0. The van der Waals surface area contributed by atoms with Crippen LogP contribution in [0.5, 0.6) is 0 Å². The van der Waals surface area contributed by atoms with Crippen LogP contribution in [0, 0.1) is 0 Å². The van der Waals surface area contributed by atoms with Gasteiger partial charge in [0.2, 0.25) is 0 Å². The molecule has 0 bridgehead atoms. The Morgan fingerprint density at radius 2 is 2.00 bits per heavy atom. The summed E-state index contributed by atoms with van der Waals surface area (Å²) >= 11 is 0. The number of hydrogen-bond acceptors (Lipinski definition) is 6. The maximum absolute atomic E-state index is 12.8. The van der Waals surface area contributed by atoms with Gasteiger partial charge in [-0.2, -0.15) is 0 Å². The molecule has 130 valence electrons. The number of aryl methyl sites for hydroxylation is 1. The standard InChI is InChI=1S/C18H22N6O/c1-5-24-9-6-12-10-13(21-14-11-19-7-8-20-14)22-16(15(12)17(24)25)23-18(2,3)4/h6-11H,5H2,1-4H3,(H2,20,21,22,23). The van der Waals surface area contributed by atoms with Crippen molar-refractivity contribution < 1.29 is 0 Å². The van der Waals surface area contributed by atoms with Crippen LogP contribution in [-0.4, -0.2) is 25.1 Å². The lowest BCUT2D eigenvalue weighted by Crippen LogP contribution is -2.29. The van der Waals surface area contributed by atoms with Crippen molar-refractivity contribution in [2.45, 2.75) is 39.8 Å². The normalized spacial score (nSPS) is 11.5. The summed E-state index contributed by atoms with van der Waals surface area (Å²) < 4.78 is 1.67. The largest absolute Gasteiger partial charge is 0.365 e. The summed E-state index contributed by atoms with van der Waals surface area (Å²) in [4.78, 5) is 25.6. The first kappa shape index (κ1) is 16.9. The van der Waals surface area contributed by atoms with E-state index in [9.17, 15) is 4.79 Å². The van der Waals surface area contributed by atoms with E-state index in [1.807, 2.05) is 39.8 Å². The third kappa shape index (κ3) is 3.76. The number of pyridine rings is 2. The van der Waals surface area contributed by atoms with Crippen LogP contribution in [-0.2, 0) is 6.54 Å². The molecule has 0 radical (unpaired) electrons. The summed E-state index contributed by atoms with van der Waals surface area (Å²) in [5.41, 5.74) is -0.282. The fourth-order valence-corrected chi connectivity index (χ4v) is 2.56. The van der Waals surface area contributed by atoms with E-state index in [2.05, 4.69) is 25.6 Å². The quantitative estimate of drug-likeness (QED) is 0.760. The molecule has 0 aliphatic carbocycles. The average molecular weight is 338 g/mol. The third-order valence-corrected chi connectivity index (χ3v) is 3.61. The minimum absolute atomic E-state index is 0.0506. The van der Waals surface area contributed by atoms with Crippen molar-refractivity contribution in [3.05, 3.63) is 47.3 Å². The maximum atomic E-state index is 12.8. The van der Waals surface area contributed by atoms with Gasteiger partial charge in [-0.3, -0.25) is 9.78 Å². The molecule has 0 spiro atoms. The molecule has 0 saturated heterocycles. The van der Waals surface area contributed by atoms with E-state index in [-0.39, 0.29) is 11.1 Å². The number of hydrogen-bond donors (Lipinski definition) is 2. The second kappa shape index (κ2) is 6.51. The van der Waals surface area contributed by atoms with E-state index in [4.69, 9.17) is 0 Å². The molecule has 3 aromatic rings. The van der Waals surface area contributed by atoms with E-state index in [0.29, 0.717) is 29.4 Å². The molecule has 7 nitrogen and oxygen atoms in total. The zero-order valence-corrected chi connectivity index (χ0v) is 14.9. The third-order valence-electron chi connectivity index (χ3n) is 3.61. The number of nitrogens with zero attached hydrogens (tertiary/aromatic N) is 4. The molecule has 0 aliphatic heterocycles. The van der Waals surface area contributed by atoms with Gasteiger partial charge in [-0.25, -0.2) is 9.97 Å². The molecule has 0 fully saturated rings. The van der Waals surface area contributed by atoms with Crippen molar-refractivity contribution in [1.82, 2.24) is 19.5 Å². The number of aromatic nitrogens is 4. The van der Waals surface area contributed by atoms with Crippen LogP contribution in [0.4, 0.5) is 17.5 Å². The van der Waals surface area contributed by atoms with Crippen LogP contribution in [0.2, 0.25) is 0 Å². The van der Waals surface area contributed by atoms with E-state index in [1.165, 1.54) is 0 Å². The van der Waals surface area contributed by atoms with E-state index in [0.717, 1.165) is 5.39 Å². The molecule has 25 heavy (non-hydrogen) atoms. The Hall–Kier alpha value is -2.96. The number of nitrogens with one attached hydrogen (secondary N) is 2.